The molecule has 0 bridgehead atoms. The number of halogens is 1. The third kappa shape index (κ3) is 4.05. The van der Waals surface area contributed by atoms with Crippen molar-refractivity contribution in [2.24, 2.45) is 5.92 Å². The van der Waals surface area contributed by atoms with Gasteiger partial charge in [0, 0.05) is 5.92 Å². The highest BCUT2D eigenvalue weighted by atomic mass is 35.5. The van der Waals surface area contributed by atoms with Crippen molar-refractivity contribution in [1.82, 2.24) is 0 Å². The maximum Gasteiger partial charge on any atom is 0.335 e. The largest absolute Gasteiger partial charge is 0.493 e. The summed E-state index contributed by atoms with van der Waals surface area (Å²) < 4.78 is 11.7. The van der Waals surface area contributed by atoms with E-state index in [2.05, 4.69) is 23.5 Å². The maximum atomic E-state index is 11.5. The number of anilines is 1. The smallest absolute Gasteiger partial charge is 0.335 e. The molecule has 3 atom stereocenters. The van der Waals surface area contributed by atoms with Crippen LogP contribution in [0.2, 0.25) is 5.02 Å². The number of hydrogen-bond acceptors (Lipinski definition) is 4. The van der Waals surface area contributed by atoms with Crippen LogP contribution in [0, 0.1) is 5.92 Å². The number of carboxylic acid groups (broad SMARTS) is 1. The molecule has 0 fully saturated rings. The second-order valence-corrected chi connectivity index (χ2v) is 8.79. The number of aromatic carboxylic acids is 1. The molecule has 2 aliphatic rings. The van der Waals surface area contributed by atoms with Crippen LogP contribution in [0.4, 0.5) is 5.69 Å². The zero-order valence-electron chi connectivity index (χ0n) is 18.1. The molecular formula is C27H24ClNO4. The highest BCUT2D eigenvalue weighted by molar-refractivity contribution is 6.33. The molecule has 0 spiro atoms. The number of allylic oxidation sites excluding steroid dienone is 2. The van der Waals surface area contributed by atoms with Crippen molar-refractivity contribution in [2.45, 2.75) is 25.0 Å². The number of fused-ring (bicyclic) bond motifs is 3. The van der Waals surface area contributed by atoms with Crippen molar-refractivity contribution in [3.05, 3.63) is 100 Å². The minimum absolute atomic E-state index is 0.00255. The summed E-state index contributed by atoms with van der Waals surface area (Å²) in [6, 6.07) is 19.3. The van der Waals surface area contributed by atoms with Crippen molar-refractivity contribution in [3.63, 3.8) is 0 Å². The van der Waals surface area contributed by atoms with Gasteiger partial charge in [-0.1, -0.05) is 60.2 Å². The molecule has 3 aromatic carbocycles. The van der Waals surface area contributed by atoms with Crippen LogP contribution in [-0.4, -0.2) is 18.2 Å². The number of methoxy groups -OCH3 is 1. The van der Waals surface area contributed by atoms with E-state index >= 15 is 0 Å². The Hall–Kier alpha value is -3.44. The standard InChI is InChI=1S/C27H24ClNO4/c1-32-24-14-17(10-11-23(24)33-15-16-6-3-2-4-7-16)25-20-9-5-8-19(20)21-12-18(27(30)31)13-22(28)26(21)29-25/h2-8,10-14,19-20,25,29H,9,15H2,1H3,(H,30,31)/t19-,20+,25+/m1/s1. The fourth-order valence-electron chi connectivity index (χ4n) is 4.84. The normalized spacial score (nSPS) is 20.5. The Kier molecular flexibility index (Phi) is 5.73. The zero-order valence-corrected chi connectivity index (χ0v) is 18.9. The van der Waals surface area contributed by atoms with Crippen molar-refractivity contribution >= 4 is 23.3 Å². The van der Waals surface area contributed by atoms with Crippen LogP contribution in [0.15, 0.2) is 72.8 Å². The van der Waals surface area contributed by atoms with Crippen LogP contribution in [0.3, 0.4) is 0 Å². The molecule has 3 aromatic rings. The molecule has 0 radical (unpaired) electrons. The summed E-state index contributed by atoms with van der Waals surface area (Å²) in [7, 11) is 1.64. The van der Waals surface area contributed by atoms with Crippen molar-refractivity contribution in [3.8, 4) is 11.5 Å². The van der Waals surface area contributed by atoms with Crippen LogP contribution in [0.5, 0.6) is 11.5 Å². The molecule has 0 saturated carbocycles. The Balaban J connectivity index is 1.45. The number of rotatable bonds is 6. The molecule has 1 aliphatic carbocycles. The fourth-order valence-corrected chi connectivity index (χ4v) is 5.12. The minimum Gasteiger partial charge on any atom is -0.493 e. The van der Waals surface area contributed by atoms with Crippen molar-refractivity contribution in [2.75, 3.05) is 12.4 Å². The SMILES string of the molecule is COc1cc([C@@H]2Nc3c(Cl)cc(C(=O)O)cc3[C@@H]3C=CC[C@@H]32)ccc1OCc1ccccc1. The average Bonchev–Trinajstić information content (AvgIpc) is 3.33. The molecule has 0 aromatic heterocycles. The van der Waals surface area contributed by atoms with Gasteiger partial charge in [-0.15, -0.1) is 0 Å². The molecule has 0 unspecified atom stereocenters. The minimum atomic E-state index is -0.976. The Labute approximate surface area is 197 Å². The van der Waals surface area contributed by atoms with Gasteiger partial charge in [-0.2, -0.15) is 0 Å². The van der Waals surface area contributed by atoms with E-state index in [1.807, 2.05) is 42.5 Å². The summed E-state index contributed by atoms with van der Waals surface area (Å²) in [6.45, 7) is 0.460. The summed E-state index contributed by atoms with van der Waals surface area (Å²) in [5.41, 5.74) is 4.10. The van der Waals surface area contributed by atoms with Gasteiger partial charge in [-0.05, 0) is 53.3 Å². The molecule has 0 saturated heterocycles. The van der Waals surface area contributed by atoms with Gasteiger partial charge < -0.3 is 19.9 Å². The van der Waals surface area contributed by atoms with Crippen LogP contribution >= 0.6 is 11.6 Å². The highest BCUT2D eigenvalue weighted by Gasteiger charge is 2.39. The van der Waals surface area contributed by atoms with Gasteiger partial charge in [0.25, 0.3) is 0 Å². The first-order valence-electron chi connectivity index (χ1n) is 10.9. The fraction of sp³-hybridized carbons (Fsp3) is 0.222. The summed E-state index contributed by atoms with van der Waals surface area (Å²) in [6.07, 6.45) is 5.22. The molecule has 5 rings (SSSR count). The third-order valence-corrected chi connectivity index (χ3v) is 6.75. The Morgan fingerprint density at radius 2 is 1.94 bits per heavy atom. The monoisotopic (exact) mass is 461 g/mol. The van der Waals surface area contributed by atoms with Gasteiger partial charge in [0.2, 0.25) is 0 Å². The lowest BCUT2D eigenvalue weighted by atomic mass is 9.76. The van der Waals surface area contributed by atoms with E-state index in [-0.39, 0.29) is 23.4 Å². The lowest BCUT2D eigenvalue weighted by Crippen LogP contribution is -2.29. The van der Waals surface area contributed by atoms with Crippen LogP contribution in [0.25, 0.3) is 0 Å². The van der Waals surface area contributed by atoms with Gasteiger partial charge in [0.05, 0.1) is 29.4 Å². The maximum absolute atomic E-state index is 11.5. The van der Waals surface area contributed by atoms with Crippen LogP contribution in [-0.2, 0) is 6.61 Å². The van der Waals surface area contributed by atoms with Gasteiger partial charge in [-0.3, -0.25) is 0 Å². The lowest BCUT2D eigenvalue weighted by molar-refractivity contribution is 0.0696. The molecule has 33 heavy (non-hydrogen) atoms. The first kappa shape index (κ1) is 21.4. The molecule has 1 aliphatic heterocycles. The van der Waals surface area contributed by atoms with E-state index in [0.29, 0.717) is 23.1 Å². The zero-order chi connectivity index (χ0) is 22.9. The summed E-state index contributed by atoms with van der Waals surface area (Å²) >= 11 is 6.52. The number of carboxylic acids is 1. The summed E-state index contributed by atoms with van der Waals surface area (Å²) in [5, 5.41) is 13.5. The molecule has 0 amide bonds. The van der Waals surface area contributed by atoms with E-state index in [9.17, 15) is 9.90 Å². The Bertz CT molecular complexity index is 1220. The number of benzene rings is 3. The second-order valence-electron chi connectivity index (χ2n) is 8.39. The van der Waals surface area contributed by atoms with Crippen molar-refractivity contribution in [1.29, 1.82) is 0 Å². The Morgan fingerprint density at radius 1 is 1.12 bits per heavy atom. The molecular weight excluding hydrogens is 438 g/mol. The number of carbonyl (C=O) groups is 1. The van der Waals surface area contributed by atoms with E-state index in [1.54, 1.807) is 13.2 Å². The van der Waals surface area contributed by atoms with E-state index in [0.717, 1.165) is 28.8 Å². The van der Waals surface area contributed by atoms with Gasteiger partial charge in [0.15, 0.2) is 11.5 Å². The highest BCUT2D eigenvalue weighted by Crippen LogP contribution is 2.52. The lowest BCUT2D eigenvalue weighted by Gasteiger charge is -2.38. The first-order valence-corrected chi connectivity index (χ1v) is 11.3. The average molecular weight is 462 g/mol. The van der Waals surface area contributed by atoms with Crippen molar-refractivity contribution < 1.29 is 19.4 Å². The summed E-state index contributed by atoms with van der Waals surface area (Å²) in [4.78, 5) is 11.5. The molecule has 2 N–H and O–H groups in total. The van der Waals surface area contributed by atoms with Gasteiger partial charge in [-0.25, -0.2) is 4.79 Å². The van der Waals surface area contributed by atoms with Gasteiger partial charge in [0.1, 0.15) is 6.61 Å². The van der Waals surface area contributed by atoms with E-state index in [4.69, 9.17) is 21.1 Å². The quantitative estimate of drug-likeness (QED) is 0.413. The Morgan fingerprint density at radius 3 is 2.70 bits per heavy atom. The molecule has 6 heteroatoms. The third-order valence-electron chi connectivity index (χ3n) is 6.45. The van der Waals surface area contributed by atoms with E-state index in [1.165, 1.54) is 6.07 Å². The number of nitrogens with one attached hydrogen (secondary N) is 1. The second kappa shape index (κ2) is 8.83. The molecule has 5 nitrogen and oxygen atoms in total. The predicted octanol–water partition coefficient (Wildman–Crippen LogP) is 6.45. The topological polar surface area (TPSA) is 67.8 Å². The molecule has 168 valence electrons. The number of ether oxygens (including phenoxy) is 2. The summed E-state index contributed by atoms with van der Waals surface area (Å²) in [5.74, 6) is 0.732. The van der Waals surface area contributed by atoms with E-state index < -0.39 is 5.97 Å². The molecule has 1 heterocycles. The van der Waals surface area contributed by atoms with Gasteiger partial charge >= 0.3 is 5.97 Å². The number of hydrogen-bond donors (Lipinski definition) is 2. The first-order chi connectivity index (χ1) is 16.0. The van der Waals surface area contributed by atoms with Crippen LogP contribution < -0.4 is 14.8 Å². The van der Waals surface area contributed by atoms with Crippen LogP contribution in [0.1, 0.15) is 45.4 Å². The predicted molar refractivity (Wildman–Crippen MR) is 129 cm³/mol.